The van der Waals surface area contributed by atoms with Crippen LogP contribution < -0.4 is 0 Å². The molecule has 0 aliphatic rings. The highest BCUT2D eigenvalue weighted by molar-refractivity contribution is 7.89. The molecule has 0 amide bonds. The van der Waals surface area contributed by atoms with Crippen molar-refractivity contribution < 1.29 is 8.42 Å². The summed E-state index contributed by atoms with van der Waals surface area (Å²) in [4.78, 5) is 0.0501. The van der Waals surface area contributed by atoms with Crippen LogP contribution in [0.3, 0.4) is 0 Å². The first-order valence-electron chi connectivity index (χ1n) is 4.65. The van der Waals surface area contributed by atoms with Crippen molar-refractivity contribution in [2.24, 2.45) is 0 Å². The Kier molecular flexibility index (Phi) is 4.78. The molecule has 0 bridgehead atoms. The number of rotatable bonds is 4. The first-order valence-corrected chi connectivity index (χ1v) is 7.00. The molecule has 1 aromatic carbocycles. The van der Waals surface area contributed by atoms with Gasteiger partial charge in [-0.25, -0.2) is 8.42 Å². The van der Waals surface area contributed by atoms with Crippen molar-refractivity contribution in [3.05, 3.63) is 28.8 Å². The molecule has 0 heterocycles. The van der Waals surface area contributed by atoms with Crippen molar-refractivity contribution in [3.63, 3.8) is 0 Å². The summed E-state index contributed by atoms with van der Waals surface area (Å²) in [6, 6.07) is 5.86. The van der Waals surface area contributed by atoms with E-state index in [1.165, 1.54) is 25.2 Å². The van der Waals surface area contributed by atoms with Crippen LogP contribution in [0.25, 0.3) is 0 Å². The van der Waals surface area contributed by atoms with E-state index < -0.39 is 10.0 Å². The molecule has 92 valence electrons. The molecule has 7 heteroatoms. The second kappa shape index (κ2) is 5.69. The zero-order valence-corrected chi connectivity index (χ0v) is 11.3. The van der Waals surface area contributed by atoms with Crippen molar-refractivity contribution >= 4 is 33.2 Å². The van der Waals surface area contributed by atoms with Gasteiger partial charge in [-0.1, -0.05) is 11.6 Å². The highest BCUT2D eigenvalue weighted by Crippen LogP contribution is 2.22. The van der Waals surface area contributed by atoms with E-state index in [1.807, 2.05) is 6.07 Å². The Morgan fingerprint density at radius 3 is 2.59 bits per heavy atom. The lowest BCUT2D eigenvalue weighted by atomic mass is 10.2. The van der Waals surface area contributed by atoms with Crippen LogP contribution in [-0.4, -0.2) is 32.2 Å². The average Bonchev–Trinajstić information content (AvgIpc) is 2.29. The fraction of sp³-hybridized carbons (Fsp3) is 0.300. The van der Waals surface area contributed by atoms with E-state index in [0.29, 0.717) is 0 Å². The molecule has 0 atom stereocenters. The minimum Gasteiger partial charge on any atom is -0.207 e. The van der Waals surface area contributed by atoms with Crippen molar-refractivity contribution in [2.75, 3.05) is 19.5 Å². The molecule has 0 aromatic heterocycles. The van der Waals surface area contributed by atoms with Gasteiger partial charge in [0.25, 0.3) is 0 Å². The lowest BCUT2D eigenvalue weighted by Gasteiger charge is -2.15. The van der Waals surface area contributed by atoms with E-state index in [-0.39, 0.29) is 27.9 Å². The van der Waals surface area contributed by atoms with Gasteiger partial charge in [0.15, 0.2) is 0 Å². The first kappa shape index (κ1) is 14.3. The minimum absolute atomic E-state index is 0.0501. The van der Waals surface area contributed by atoms with Crippen LogP contribution in [0, 0.1) is 11.3 Å². The zero-order chi connectivity index (χ0) is 13.1. The largest absolute Gasteiger partial charge is 0.242 e. The molecule has 4 nitrogen and oxygen atoms in total. The number of nitriles is 1. The predicted octanol–water partition coefficient (Wildman–Crippen LogP) is 2.07. The smallest absolute Gasteiger partial charge is 0.207 e. The molecule has 0 unspecified atom stereocenters. The van der Waals surface area contributed by atoms with Gasteiger partial charge in [-0.3, -0.25) is 0 Å². The van der Waals surface area contributed by atoms with Gasteiger partial charge in [-0.15, -0.1) is 11.6 Å². The number of nitrogens with zero attached hydrogens (tertiary/aromatic N) is 2. The number of halogens is 2. The van der Waals surface area contributed by atoms with Gasteiger partial charge in [0.05, 0.1) is 15.5 Å². The van der Waals surface area contributed by atoms with Gasteiger partial charge in [0.1, 0.15) is 6.07 Å². The molecule has 0 fully saturated rings. The van der Waals surface area contributed by atoms with Crippen molar-refractivity contribution in [1.29, 1.82) is 5.26 Å². The minimum atomic E-state index is -3.59. The lowest BCUT2D eigenvalue weighted by molar-refractivity contribution is 0.488. The average molecular weight is 293 g/mol. The number of benzene rings is 1. The first-order chi connectivity index (χ1) is 7.93. The van der Waals surface area contributed by atoms with E-state index in [9.17, 15) is 8.42 Å². The Morgan fingerprint density at radius 1 is 1.47 bits per heavy atom. The molecule has 0 radical (unpaired) electrons. The second-order valence-electron chi connectivity index (χ2n) is 3.27. The van der Waals surface area contributed by atoms with Gasteiger partial charge in [0, 0.05) is 19.5 Å². The molecular weight excluding hydrogens is 283 g/mol. The van der Waals surface area contributed by atoms with E-state index in [2.05, 4.69) is 0 Å². The molecule has 0 saturated heterocycles. The van der Waals surface area contributed by atoms with E-state index in [1.54, 1.807) is 0 Å². The second-order valence-corrected chi connectivity index (χ2v) is 6.10. The lowest BCUT2D eigenvalue weighted by Crippen LogP contribution is -2.28. The standard InChI is InChI=1S/C10H10Cl2N2O2S/c1-14(5-4-11)17(15,16)9-3-2-8(7-13)10(12)6-9/h2-3,6H,4-5H2,1H3. The van der Waals surface area contributed by atoms with Crippen LogP contribution in [0.2, 0.25) is 5.02 Å². The van der Waals surface area contributed by atoms with E-state index >= 15 is 0 Å². The summed E-state index contributed by atoms with van der Waals surface area (Å²) < 4.78 is 25.1. The van der Waals surface area contributed by atoms with Crippen LogP contribution >= 0.6 is 23.2 Å². The summed E-state index contributed by atoms with van der Waals surface area (Å²) in [5, 5.41) is 8.81. The number of alkyl halides is 1. The van der Waals surface area contributed by atoms with E-state index in [4.69, 9.17) is 28.5 Å². The molecule has 0 N–H and O–H groups in total. The summed E-state index contributed by atoms with van der Waals surface area (Å²) >= 11 is 11.3. The Labute approximate surface area is 110 Å². The molecule has 0 spiro atoms. The van der Waals surface area contributed by atoms with Crippen molar-refractivity contribution in [1.82, 2.24) is 4.31 Å². The highest BCUT2D eigenvalue weighted by Gasteiger charge is 2.20. The summed E-state index contributed by atoms with van der Waals surface area (Å²) in [6.45, 7) is 0.210. The number of hydrogen-bond donors (Lipinski definition) is 0. The van der Waals surface area contributed by atoms with Gasteiger partial charge >= 0.3 is 0 Å². The van der Waals surface area contributed by atoms with Crippen LogP contribution in [0.15, 0.2) is 23.1 Å². The maximum absolute atomic E-state index is 12.0. The highest BCUT2D eigenvalue weighted by atomic mass is 35.5. The van der Waals surface area contributed by atoms with Crippen LogP contribution in [0.1, 0.15) is 5.56 Å². The molecule has 0 saturated carbocycles. The van der Waals surface area contributed by atoms with E-state index in [0.717, 1.165) is 4.31 Å². The summed E-state index contributed by atoms with van der Waals surface area (Å²) in [6.07, 6.45) is 0. The third kappa shape index (κ3) is 3.11. The Bertz CT molecular complexity index is 552. The molecule has 1 aromatic rings. The molecule has 0 aliphatic heterocycles. The van der Waals surface area contributed by atoms with Crippen molar-refractivity contribution in [3.8, 4) is 6.07 Å². The summed E-state index contributed by atoms with van der Waals surface area (Å²) in [7, 11) is -2.16. The predicted molar refractivity (Wildman–Crippen MR) is 66.7 cm³/mol. The maximum Gasteiger partial charge on any atom is 0.242 e. The monoisotopic (exact) mass is 292 g/mol. The molecule has 0 aliphatic carbocycles. The van der Waals surface area contributed by atoms with Gasteiger partial charge in [0.2, 0.25) is 10.0 Å². The summed E-state index contributed by atoms with van der Waals surface area (Å²) in [5.74, 6) is 0.208. The number of hydrogen-bond acceptors (Lipinski definition) is 3. The molecule has 1 rings (SSSR count). The van der Waals surface area contributed by atoms with Crippen LogP contribution in [0.4, 0.5) is 0 Å². The van der Waals surface area contributed by atoms with Crippen molar-refractivity contribution in [2.45, 2.75) is 4.90 Å². The molecular formula is C10H10Cl2N2O2S. The Morgan fingerprint density at radius 2 is 2.12 bits per heavy atom. The Balaban J connectivity index is 3.18. The molecule has 17 heavy (non-hydrogen) atoms. The topological polar surface area (TPSA) is 61.2 Å². The Hall–Kier alpha value is -0.800. The fourth-order valence-electron chi connectivity index (χ4n) is 1.17. The van der Waals surface area contributed by atoms with Crippen LogP contribution in [-0.2, 0) is 10.0 Å². The number of sulfonamides is 1. The van der Waals surface area contributed by atoms with Gasteiger partial charge < -0.3 is 0 Å². The zero-order valence-electron chi connectivity index (χ0n) is 9.02. The normalized spacial score (nSPS) is 11.5. The fourth-order valence-corrected chi connectivity index (χ4v) is 3.01. The SMILES string of the molecule is CN(CCCl)S(=O)(=O)c1ccc(C#N)c(Cl)c1. The maximum atomic E-state index is 12.0. The van der Waals surface area contributed by atoms with Crippen LogP contribution in [0.5, 0.6) is 0 Å². The summed E-state index contributed by atoms with van der Waals surface area (Å²) in [5.41, 5.74) is 0.241. The third-order valence-corrected chi connectivity index (χ3v) is 4.50. The van der Waals surface area contributed by atoms with Gasteiger partial charge in [-0.05, 0) is 18.2 Å². The quantitative estimate of drug-likeness (QED) is 0.798. The third-order valence-electron chi connectivity index (χ3n) is 2.17. The van der Waals surface area contributed by atoms with Gasteiger partial charge in [-0.2, -0.15) is 9.57 Å².